The minimum absolute atomic E-state index is 0.0452. The lowest BCUT2D eigenvalue weighted by Crippen LogP contribution is -2.57. The third-order valence-electron chi connectivity index (χ3n) is 5.91. The van der Waals surface area contributed by atoms with Crippen LogP contribution in [0.3, 0.4) is 0 Å². The van der Waals surface area contributed by atoms with E-state index in [2.05, 4.69) is 10.8 Å². The summed E-state index contributed by atoms with van der Waals surface area (Å²) in [6.45, 7) is 1.77. The molecule has 27 heavy (non-hydrogen) atoms. The van der Waals surface area contributed by atoms with Crippen LogP contribution in [0.2, 0.25) is 0 Å². The van der Waals surface area contributed by atoms with E-state index in [-0.39, 0.29) is 18.6 Å². The highest BCUT2D eigenvalue weighted by molar-refractivity contribution is 7.87. The first kappa shape index (κ1) is 18.9. The summed E-state index contributed by atoms with van der Waals surface area (Å²) < 4.78 is 29.8. The molecule has 2 fully saturated rings. The second kappa shape index (κ2) is 7.50. The van der Waals surface area contributed by atoms with Crippen molar-refractivity contribution in [3.05, 3.63) is 35.4 Å². The van der Waals surface area contributed by atoms with E-state index in [0.717, 1.165) is 18.5 Å². The fourth-order valence-electron chi connectivity index (χ4n) is 4.09. The molecule has 0 spiro atoms. The van der Waals surface area contributed by atoms with Crippen molar-refractivity contribution in [1.29, 1.82) is 0 Å². The van der Waals surface area contributed by atoms with Crippen LogP contribution in [0.4, 0.5) is 0 Å². The first-order valence-electron chi connectivity index (χ1n) is 9.71. The molecule has 2 N–H and O–H groups in total. The molecule has 1 heterocycles. The summed E-state index contributed by atoms with van der Waals surface area (Å²) in [4.78, 5) is 13.1. The Balaban J connectivity index is 1.31. The van der Waals surface area contributed by atoms with E-state index in [0.29, 0.717) is 31.8 Å². The molecule has 3 aliphatic rings. The molecule has 2 aliphatic carbocycles. The first-order chi connectivity index (χ1) is 12.9. The number of hydrogen-bond acceptors (Lipinski definition) is 4. The third kappa shape index (κ3) is 4.51. The highest BCUT2D eigenvalue weighted by atomic mass is 32.2. The van der Waals surface area contributed by atoms with E-state index in [9.17, 15) is 13.2 Å². The van der Waals surface area contributed by atoms with Crippen molar-refractivity contribution in [2.24, 2.45) is 5.92 Å². The zero-order valence-corrected chi connectivity index (χ0v) is 16.2. The maximum absolute atomic E-state index is 12.7. The summed E-state index contributed by atoms with van der Waals surface area (Å²) in [6.07, 6.45) is 4.45. The molecule has 8 heteroatoms. The maximum atomic E-state index is 12.7. The largest absolute Gasteiger partial charge is 0.480 e. The molecule has 2 saturated carbocycles. The SMILES string of the molecule is O=C(O)CN(CC1CC1)C1CC(NS(=O)(=O)N2CCc3ccccc3C2)C1. The van der Waals surface area contributed by atoms with Crippen molar-refractivity contribution >= 4 is 16.2 Å². The van der Waals surface area contributed by atoms with Crippen LogP contribution in [-0.4, -0.2) is 60.4 Å². The van der Waals surface area contributed by atoms with Gasteiger partial charge < -0.3 is 5.11 Å². The zero-order valence-electron chi connectivity index (χ0n) is 15.4. The summed E-state index contributed by atoms with van der Waals surface area (Å²) >= 11 is 0. The van der Waals surface area contributed by atoms with Crippen molar-refractivity contribution in [1.82, 2.24) is 13.9 Å². The Morgan fingerprint density at radius 1 is 1.22 bits per heavy atom. The molecule has 0 aromatic heterocycles. The average molecular weight is 394 g/mol. The number of nitrogens with zero attached hydrogens (tertiary/aromatic N) is 2. The number of fused-ring (bicyclic) bond motifs is 1. The second-order valence-electron chi connectivity index (χ2n) is 8.06. The second-order valence-corrected chi connectivity index (χ2v) is 9.77. The number of carbonyl (C=O) groups is 1. The average Bonchev–Trinajstić information content (AvgIpc) is 3.40. The molecule has 0 bridgehead atoms. The van der Waals surface area contributed by atoms with Crippen LogP contribution in [-0.2, 0) is 28.0 Å². The Bertz CT molecular complexity index is 803. The quantitative estimate of drug-likeness (QED) is 0.693. The van der Waals surface area contributed by atoms with E-state index in [1.165, 1.54) is 22.7 Å². The van der Waals surface area contributed by atoms with Gasteiger partial charge in [-0.1, -0.05) is 24.3 Å². The van der Waals surface area contributed by atoms with Gasteiger partial charge in [-0.05, 0) is 49.1 Å². The monoisotopic (exact) mass is 393 g/mol. The number of rotatable bonds is 8. The van der Waals surface area contributed by atoms with Gasteiger partial charge in [0, 0.05) is 31.7 Å². The van der Waals surface area contributed by atoms with Gasteiger partial charge in [0.05, 0.1) is 6.54 Å². The minimum Gasteiger partial charge on any atom is -0.480 e. The van der Waals surface area contributed by atoms with Crippen LogP contribution in [0.25, 0.3) is 0 Å². The Morgan fingerprint density at radius 2 is 1.93 bits per heavy atom. The summed E-state index contributed by atoms with van der Waals surface area (Å²) in [7, 11) is -3.52. The van der Waals surface area contributed by atoms with Gasteiger partial charge in [-0.3, -0.25) is 9.69 Å². The molecule has 148 valence electrons. The molecule has 0 saturated heterocycles. The Kier molecular flexibility index (Phi) is 5.24. The molecule has 0 atom stereocenters. The Hall–Kier alpha value is -1.48. The van der Waals surface area contributed by atoms with Gasteiger partial charge >= 0.3 is 5.97 Å². The van der Waals surface area contributed by atoms with Gasteiger partial charge in [-0.15, -0.1) is 0 Å². The van der Waals surface area contributed by atoms with Crippen LogP contribution < -0.4 is 4.72 Å². The van der Waals surface area contributed by atoms with Crippen molar-refractivity contribution in [3.63, 3.8) is 0 Å². The van der Waals surface area contributed by atoms with Crippen molar-refractivity contribution < 1.29 is 18.3 Å². The molecule has 7 nitrogen and oxygen atoms in total. The van der Waals surface area contributed by atoms with Gasteiger partial charge in [-0.25, -0.2) is 0 Å². The number of carboxylic acid groups (broad SMARTS) is 1. The lowest BCUT2D eigenvalue weighted by molar-refractivity contribution is -0.139. The van der Waals surface area contributed by atoms with E-state index in [1.54, 1.807) is 0 Å². The highest BCUT2D eigenvalue weighted by Gasteiger charge is 2.40. The maximum Gasteiger partial charge on any atom is 0.317 e. The van der Waals surface area contributed by atoms with E-state index < -0.39 is 16.2 Å². The van der Waals surface area contributed by atoms with Crippen molar-refractivity contribution in [2.75, 3.05) is 19.6 Å². The molecular formula is C19H27N3O4S. The van der Waals surface area contributed by atoms with Gasteiger partial charge in [-0.2, -0.15) is 17.4 Å². The molecular weight excluding hydrogens is 366 g/mol. The number of hydrogen-bond donors (Lipinski definition) is 2. The Morgan fingerprint density at radius 3 is 2.59 bits per heavy atom. The predicted molar refractivity (Wildman–Crippen MR) is 101 cm³/mol. The molecule has 0 radical (unpaired) electrons. The van der Waals surface area contributed by atoms with Crippen LogP contribution in [0.15, 0.2) is 24.3 Å². The van der Waals surface area contributed by atoms with E-state index >= 15 is 0 Å². The van der Waals surface area contributed by atoms with Gasteiger partial charge in [0.1, 0.15) is 0 Å². The molecule has 0 unspecified atom stereocenters. The van der Waals surface area contributed by atoms with Gasteiger partial charge in [0.2, 0.25) is 0 Å². The normalized spacial score (nSPS) is 25.8. The summed E-state index contributed by atoms with van der Waals surface area (Å²) in [5, 5.41) is 9.13. The molecule has 1 aromatic carbocycles. The number of nitrogens with one attached hydrogen (secondary N) is 1. The molecule has 1 aliphatic heterocycles. The lowest BCUT2D eigenvalue weighted by atomic mass is 9.86. The number of benzene rings is 1. The number of aliphatic carboxylic acids is 1. The Labute approximate surface area is 160 Å². The summed E-state index contributed by atoms with van der Waals surface area (Å²) in [5.74, 6) is -0.194. The fraction of sp³-hybridized carbons (Fsp3) is 0.632. The smallest absolute Gasteiger partial charge is 0.317 e. The lowest BCUT2D eigenvalue weighted by Gasteiger charge is -2.43. The van der Waals surface area contributed by atoms with Crippen LogP contribution in [0.1, 0.15) is 36.8 Å². The fourth-order valence-corrected chi connectivity index (χ4v) is 5.49. The van der Waals surface area contributed by atoms with E-state index in [4.69, 9.17) is 5.11 Å². The zero-order chi connectivity index (χ0) is 19.0. The standard InChI is InChI=1S/C19H27N3O4S/c23-19(24)13-21(11-14-5-6-14)18-9-17(10-18)20-27(25,26)22-8-7-15-3-1-2-4-16(15)12-22/h1-4,14,17-18,20H,5-13H2,(H,23,24). The molecule has 0 amide bonds. The minimum atomic E-state index is -3.52. The predicted octanol–water partition coefficient (Wildman–Crippen LogP) is 1.21. The third-order valence-corrected chi connectivity index (χ3v) is 7.53. The van der Waals surface area contributed by atoms with Crippen LogP contribution in [0.5, 0.6) is 0 Å². The summed E-state index contributed by atoms with van der Waals surface area (Å²) in [6, 6.07) is 8.03. The topological polar surface area (TPSA) is 90.0 Å². The van der Waals surface area contributed by atoms with Gasteiger partial charge in [0.25, 0.3) is 10.2 Å². The molecule has 4 rings (SSSR count). The number of carboxylic acids is 1. The van der Waals surface area contributed by atoms with Crippen LogP contribution >= 0.6 is 0 Å². The summed E-state index contributed by atoms with van der Waals surface area (Å²) in [5.41, 5.74) is 2.29. The van der Waals surface area contributed by atoms with E-state index in [1.807, 2.05) is 23.1 Å². The molecule has 1 aromatic rings. The van der Waals surface area contributed by atoms with Crippen molar-refractivity contribution in [3.8, 4) is 0 Å². The van der Waals surface area contributed by atoms with Gasteiger partial charge in [0.15, 0.2) is 0 Å². The highest BCUT2D eigenvalue weighted by Crippen LogP contribution is 2.34. The van der Waals surface area contributed by atoms with Crippen LogP contribution in [0, 0.1) is 5.92 Å². The first-order valence-corrected chi connectivity index (χ1v) is 11.1. The van der Waals surface area contributed by atoms with Crippen molar-refractivity contribution in [2.45, 2.75) is 50.7 Å².